The molecule has 444 valence electrons. The summed E-state index contributed by atoms with van der Waals surface area (Å²) in [6.45, 7) is 6.85. The number of phosphoric acid groups is 1. The molecule has 0 aliphatic carbocycles. The molecule has 0 radical (unpaired) electrons. The first kappa shape index (κ1) is 73.9. The molecule has 10 heteroatoms. The van der Waals surface area contributed by atoms with Crippen molar-refractivity contribution in [2.75, 3.05) is 40.9 Å². The number of carbonyl (C=O) groups excluding carboxylic acids is 2. The first-order chi connectivity index (χ1) is 37.4. The number of amides is 1. The van der Waals surface area contributed by atoms with Gasteiger partial charge in [-0.3, -0.25) is 18.6 Å². The number of esters is 1. The summed E-state index contributed by atoms with van der Waals surface area (Å²) in [6, 6.07) is -0.868. The number of nitrogens with zero attached hydrogens (tertiary/aromatic N) is 1. The third kappa shape index (κ3) is 57.4. The number of quaternary nitrogens is 1. The van der Waals surface area contributed by atoms with E-state index in [1.54, 1.807) is 0 Å². The normalized spacial score (nSPS) is 14.3. The van der Waals surface area contributed by atoms with Crippen LogP contribution in [0, 0.1) is 0 Å². The lowest BCUT2D eigenvalue weighted by molar-refractivity contribution is -0.870. The standard InChI is InChI=1S/C67H119N2O7P/c1-7-10-13-16-19-22-25-28-30-32-33-34-35-37-38-41-44-47-50-53-56-59-66(70)68-64(63-75-77(72,73)74-62-61-69(4,5)6)65(58-55-52-49-46-43-40-27-24-21-18-15-12-9-3)76-67(71)60-57-54-51-48-45-42-39-36-31-29-26-23-20-17-14-11-8-2/h10,13,19-20,22-23,28-31,33-34,37-38,55,58,64-65H,7-9,11-12,14-18,21,24-27,32,35-36,39-54,56-57,59-63H2,1-6H3,(H-,68,70,72,73)/p+1/b13-10-,22-19-,23-20-,30-28-,31-29-,34-33-,38-37-,58-55-. The number of ether oxygens (including phenoxy) is 1. The van der Waals surface area contributed by atoms with Crippen LogP contribution in [0.25, 0.3) is 0 Å². The van der Waals surface area contributed by atoms with E-state index in [1.165, 1.54) is 103 Å². The summed E-state index contributed by atoms with van der Waals surface area (Å²) in [4.78, 5) is 37.8. The molecule has 1 amide bonds. The van der Waals surface area contributed by atoms with Crippen LogP contribution in [0.5, 0.6) is 0 Å². The molecule has 0 spiro atoms. The summed E-state index contributed by atoms with van der Waals surface area (Å²) in [7, 11) is 1.47. The predicted molar refractivity (Wildman–Crippen MR) is 332 cm³/mol. The molecule has 0 rings (SSSR count). The molecule has 3 atom stereocenters. The van der Waals surface area contributed by atoms with Crippen LogP contribution in [-0.4, -0.2) is 74.3 Å². The zero-order valence-corrected chi connectivity index (χ0v) is 51.6. The molecule has 0 fully saturated rings. The van der Waals surface area contributed by atoms with Gasteiger partial charge in [0.1, 0.15) is 19.3 Å². The second kappa shape index (κ2) is 56.2. The second-order valence-corrected chi connectivity index (χ2v) is 23.6. The maximum absolute atomic E-state index is 13.6. The highest BCUT2D eigenvalue weighted by Gasteiger charge is 2.30. The van der Waals surface area contributed by atoms with Gasteiger partial charge < -0.3 is 19.4 Å². The molecule has 0 heterocycles. The Labute approximate surface area is 475 Å². The Balaban J connectivity index is 5.33. The highest BCUT2D eigenvalue weighted by molar-refractivity contribution is 7.47. The van der Waals surface area contributed by atoms with Crippen LogP contribution in [-0.2, 0) is 27.9 Å². The summed E-state index contributed by atoms with van der Waals surface area (Å²) in [6.07, 6.45) is 75.4. The maximum atomic E-state index is 13.6. The van der Waals surface area contributed by atoms with E-state index < -0.39 is 20.0 Å². The van der Waals surface area contributed by atoms with E-state index >= 15 is 0 Å². The van der Waals surface area contributed by atoms with E-state index in [1.807, 2.05) is 33.3 Å². The minimum absolute atomic E-state index is 0.0304. The molecular weight excluding hydrogens is 976 g/mol. The van der Waals surface area contributed by atoms with Crippen molar-refractivity contribution >= 4 is 19.7 Å². The number of likely N-dealkylation sites (N-methyl/N-ethyl adjacent to an activating group) is 1. The van der Waals surface area contributed by atoms with Gasteiger partial charge in [-0.05, 0) is 109 Å². The van der Waals surface area contributed by atoms with Crippen molar-refractivity contribution in [1.29, 1.82) is 0 Å². The first-order valence-electron chi connectivity index (χ1n) is 31.6. The Bertz CT molecular complexity index is 1640. The Kier molecular flexibility index (Phi) is 54.0. The largest absolute Gasteiger partial charge is 0.472 e. The average molecular weight is 1100 g/mol. The van der Waals surface area contributed by atoms with Gasteiger partial charge in [0, 0.05) is 12.8 Å². The van der Waals surface area contributed by atoms with Gasteiger partial charge in [0.2, 0.25) is 5.91 Å². The molecule has 0 aromatic rings. The van der Waals surface area contributed by atoms with Gasteiger partial charge in [0.25, 0.3) is 0 Å². The number of rotatable bonds is 56. The summed E-state index contributed by atoms with van der Waals surface area (Å²) in [5.41, 5.74) is 0. The van der Waals surface area contributed by atoms with E-state index in [0.29, 0.717) is 17.4 Å². The topological polar surface area (TPSA) is 111 Å². The van der Waals surface area contributed by atoms with Gasteiger partial charge in [0.15, 0.2) is 0 Å². The van der Waals surface area contributed by atoms with Crippen molar-refractivity contribution in [3.05, 3.63) is 97.2 Å². The first-order valence-corrected chi connectivity index (χ1v) is 33.1. The summed E-state index contributed by atoms with van der Waals surface area (Å²) in [5.74, 6) is -0.538. The van der Waals surface area contributed by atoms with Gasteiger partial charge in [-0.25, -0.2) is 4.57 Å². The van der Waals surface area contributed by atoms with Gasteiger partial charge in [-0.1, -0.05) is 240 Å². The van der Waals surface area contributed by atoms with E-state index in [0.717, 1.165) is 128 Å². The molecule has 0 saturated heterocycles. The molecule has 0 aliphatic rings. The Hall–Kier alpha value is -3.07. The fourth-order valence-electron chi connectivity index (χ4n) is 8.64. The van der Waals surface area contributed by atoms with Gasteiger partial charge in [-0.15, -0.1) is 0 Å². The zero-order chi connectivity index (χ0) is 56.4. The number of unbranched alkanes of at least 4 members (excludes halogenated alkanes) is 26. The van der Waals surface area contributed by atoms with E-state index in [-0.39, 0.29) is 31.5 Å². The monoisotopic (exact) mass is 1100 g/mol. The number of hydrogen-bond acceptors (Lipinski definition) is 6. The Morgan fingerprint density at radius 1 is 0.468 bits per heavy atom. The minimum atomic E-state index is -4.46. The van der Waals surface area contributed by atoms with E-state index in [4.69, 9.17) is 13.8 Å². The van der Waals surface area contributed by atoms with Crippen molar-refractivity contribution in [1.82, 2.24) is 5.32 Å². The number of phosphoric ester groups is 1. The molecule has 0 bridgehead atoms. The van der Waals surface area contributed by atoms with E-state index in [9.17, 15) is 19.0 Å². The van der Waals surface area contributed by atoms with Gasteiger partial charge in [0.05, 0.1) is 33.8 Å². The average Bonchev–Trinajstić information content (AvgIpc) is 3.39. The lowest BCUT2D eigenvalue weighted by Crippen LogP contribution is -2.47. The van der Waals surface area contributed by atoms with Crippen LogP contribution >= 0.6 is 7.82 Å². The molecule has 9 nitrogen and oxygen atoms in total. The third-order valence-corrected chi connectivity index (χ3v) is 14.5. The SMILES string of the molecule is CC/C=C\C/C=C\C/C=C\C/C=C\C/C=C\CCCCCCCC(=O)NC(COP(=O)(O)OCC[N+](C)(C)C)C(/C=C\CCCCCCCCCCCCC)OC(=O)CCCCCCCCC/C=C\C/C=C\CCCCC. The molecule has 77 heavy (non-hydrogen) atoms. The van der Waals surface area contributed by atoms with Crippen LogP contribution in [0.4, 0.5) is 0 Å². The molecular formula is C67H120N2O7P+. The molecule has 0 aliphatic heterocycles. The predicted octanol–water partition coefficient (Wildman–Crippen LogP) is 19.6. The van der Waals surface area contributed by atoms with Crippen LogP contribution in [0.15, 0.2) is 97.2 Å². The van der Waals surface area contributed by atoms with Gasteiger partial charge >= 0.3 is 13.8 Å². The summed E-state index contributed by atoms with van der Waals surface area (Å²) >= 11 is 0. The second-order valence-electron chi connectivity index (χ2n) is 22.2. The van der Waals surface area contributed by atoms with Gasteiger partial charge in [-0.2, -0.15) is 0 Å². The molecule has 0 saturated carbocycles. The van der Waals surface area contributed by atoms with Crippen molar-refractivity contribution in [3.8, 4) is 0 Å². The van der Waals surface area contributed by atoms with Crippen LogP contribution < -0.4 is 5.32 Å². The number of carbonyl (C=O) groups is 2. The Morgan fingerprint density at radius 3 is 1.27 bits per heavy atom. The molecule has 0 aromatic carbocycles. The fourth-order valence-corrected chi connectivity index (χ4v) is 9.38. The molecule has 3 unspecified atom stereocenters. The van der Waals surface area contributed by atoms with E-state index in [2.05, 4.69) is 111 Å². The number of hydrogen-bond donors (Lipinski definition) is 2. The van der Waals surface area contributed by atoms with Crippen molar-refractivity contribution < 1.29 is 37.3 Å². The smallest absolute Gasteiger partial charge is 0.456 e. The lowest BCUT2D eigenvalue weighted by Gasteiger charge is -2.27. The van der Waals surface area contributed by atoms with Crippen molar-refractivity contribution in [2.24, 2.45) is 0 Å². The third-order valence-electron chi connectivity index (χ3n) is 13.5. The quantitative estimate of drug-likeness (QED) is 0.0205. The lowest BCUT2D eigenvalue weighted by atomic mass is 10.0. The van der Waals surface area contributed by atoms with Crippen LogP contribution in [0.1, 0.15) is 265 Å². The highest BCUT2D eigenvalue weighted by atomic mass is 31.2. The maximum Gasteiger partial charge on any atom is 0.472 e. The van der Waals surface area contributed by atoms with Crippen LogP contribution in [0.3, 0.4) is 0 Å². The molecule has 2 N–H and O–H groups in total. The highest BCUT2D eigenvalue weighted by Crippen LogP contribution is 2.43. The number of nitrogens with one attached hydrogen (secondary N) is 1. The molecule has 0 aromatic heterocycles. The summed E-state index contributed by atoms with van der Waals surface area (Å²) < 4.78 is 30.7. The Morgan fingerprint density at radius 2 is 0.831 bits per heavy atom. The minimum Gasteiger partial charge on any atom is -0.456 e. The number of allylic oxidation sites excluding steroid dienone is 15. The zero-order valence-electron chi connectivity index (χ0n) is 50.7. The fraction of sp³-hybridized carbons (Fsp3) is 0.731. The van der Waals surface area contributed by atoms with Crippen LogP contribution in [0.2, 0.25) is 0 Å². The summed E-state index contributed by atoms with van der Waals surface area (Å²) in [5, 5.41) is 3.05. The van der Waals surface area contributed by atoms with Crippen molar-refractivity contribution in [3.63, 3.8) is 0 Å². The van der Waals surface area contributed by atoms with Crippen molar-refractivity contribution in [2.45, 2.75) is 277 Å².